The highest BCUT2D eigenvalue weighted by molar-refractivity contribution is 4.91. The van der Waals surface area contributed by atoms with Gasteiger partial charge in [0.05, 0.1) is 48.6 Å². The first kappa shape index (κ1) is 22.5. The highest BCUT2D eigenvalue weighted by atomic mass is 17.0. The highest BCUT2D eigenvalue weighted by Crippen LogP contribution is 2.41. The summed E-state index contributed by atoms with van der Waals surface area (Å²) in [6, 6.07) is 0.216. The molecule has 4 saturated carbocycles. The number of nitrogens with zero attached hydrogens (tertiary/aromatic N) is 4. The predicted octanol–water partition coefficient (Wildman–Crippen LogP) is 5.84. The Labute approximate surface area is 197 Å². The molecule has 8 atom stereocenters. The quantitative estimate of drug-likeness (QED) is 0.454. The van der Waals surface area contributed by atoms with Gasteiger partial charge in [0.25, 0.3) is 0 Å². The summed E-state index contributed by atoms with van der Waals surface area (Å²) in [6.07, 6.45) is 15.1. The molecule has 1 spiro atoms. The van der Waals surface area contributed by atoms with E-state index in [1.54, 1.807) is 0 Å². The Bertz CT molecular complexity index is 614. The molecule has 8 unspecified atom stereocenters. The zero-order valence-electron chi connectivity index (χ0n) is 19.9. The molecular weight excluding hydrogens is 420 g/mol. The maximum absolute atomic E-state index is 6.84. The number of rotatable bonds is 0. The smallest absolute Gasteiger partial charge is 0.298 e. The lowest BCUT2D eigenvalue weighted by Gasteiger charge is -2.44. The summed E-state index contributed by atoms with van der Waals surface area (Å²) in [5.41, 5.74) is 0. The van der Waals surface area contributed by atoms with Gasteiger partial charge in [-0.05, 0) is 51.4 Å². The largest absolute Gasteiger partial charge is 0.414 e. The fraction of sp³-hybridized carbons (Fsp3) is 1.00. The second-order valence-corrected chi connectivity index (χ2v) is 11.0. The Kier molecular flexibility index (Phi) is 6.79. The Morgan fingerprint density at radius 1 is 0.364 bits per heavy atom. The molecule has 2 aliphatic heterocycles. The minimum absolute atomic E-state index is 0.0541. The van der Waals surface area contributed by atoms with Crippen LogP contribution in [-0.2, 0) is 18.9 Å². The van der Waals surface area contributed by atoms with Crippen LogP contribution < -0.4 is 0 Å². The summed E-state index contributed by atoms with van der Waals surface area (Å²) in [5.74, 6) is 0. The summed E-state index contributed by atoms with van der Waals surface area (Å²) in [5, 5.41) is 19.3. The van der Waals surface area contributed by atoms with Crippen LogP contribution in [0.15, 0.2) is 20.5 Å². The van der Waals surface area contributed by atoms with Gasteiger partial charge in [0, 0.05) is 0 Å². The molecule has 4 fully saturated rings. The van der Waals surface area contributed by atoms with E-state index in [0.717, 1.165) is 77.0 Å². The molecule has 0 aromatic carbocycles. The van der Waals surface area contributed by atoms with Crippen LogP contribution in [0.1, 0.15) is 103 Å². The molecule has 184 valence electrons. The van der Waals surface area contributed by atoms with Crippen molar-refractivity contribution in [2.75, 3.05) is 0 Å². The van der Waals surface area contributed by atoms with Crippen molar-refractivity contribution in [3.05, 3.63) is 0 Å². The third kappa shape index (κ3) is 4.91. The van der Waals surface area contributed by atoms with Crippen molar-refractivity contribution in [3.8, 4) is 0 Å². The lowest BCUT2D eigenvalue weighted by molar-refractivity contribution is -0.537. The number of fused-ring (bicyclic) bond motifs is 4. The van der Waals surface area contributed by atoms with Crippen LogP contribution in [-0.4, -0.2) is 54.7 Å². The Hall–Kier alpha value is -0.960. The Morgan fingerprint density at radius 3 is 0.879 bits per heavy atom. The average Bonchev–Trinajstić information content (AvgIpc) is 2.95. The van der Waals surface area contributed by atoms with Crippen molar-refractivity contribution >= 4 is 0 Å². The summed E-state index contributed by atoms with van der Waals surface area (Å²) >= 11 is 0. The number of azo groups is 2. The summed E-state index contributed by atoms with van der Waals surface area (Å²) in [6.45, 7) is 0. The SMILES string of the molecule is C1CCC2OC3(OC4CCCCC4N=NC2C1)OC1CCCCC1N=NC1CCCCC1O3. The molecule has 0 N–H and O–H groups in total. The maximum atomic E-state index is 6.84. The zero-order chi connectivity index (χ0) is 22.1. The van der Waals surface area contributed by atoms with Gasteiger partial charge in [-0.3, -0.25) is 18.9 Å². The lowest BCUT2D eigenvalue weighted by atomic mass is 9.92. The van der Waals surface area contributed by atoms with Crippen LogP contribution in [0.5, 0.6) is 0 Å². The molecule has 0 radical (unpaired) electrons. The molecule has 2 heterocycles. The first-order chi connectivity index (χ1) is 16.3. The number of hydrogen-bond donors (Lipinski definition) is 0. The molecule has 6 aliphatic rings. The summed E-state index contributed by atoms with van der Waals surface area (Å²) in [4.78, 5) is 0. The van der Waals surface area contributed by atoms with E-state index in [9.17, 15) is 0 Å². The van der Waals surface area contributed by atoms with Crippen molar-refractivity contribution in [2.24, 2.45) is 20.5 Å². The van der Waals surface area contributed by atoms with E-state index in [0.29, 0.717) is 0 Å². The van der Waals surface area contributed by atoms with Crippen LogP contribution in [0.4, 0.5) is 0 Å². The van der Waals surface area contributed by atoms with Gasteiger partial charge in [-0.1, -0.05) is 51.4 Å². The zero-order valence-corrected chi connectivity index (χ0v) is 19.9. The minimum Gasteiger partial charge on any atom is -0.298 e. The fourth-order valence-corrected chi connectivity index (χ4v) is 6.64. The second kappa shape index (κ2) is 9.96. The van der Waals surface area contributed by atoms with E-state index in [2.05, 4.69) is 0 Å². The third-order valence-corrected chi connectivity index (χ3v) is 8.58. The standard InChI is InChI=1S/C25H40N4O4/c1-5-13-21-17(9-1)26-27-18-10-2-6-14-22(18)31-25(30-21)32-23-15-7-3-11-19(23)28-29-20-12-4-8-16-24(20)33-25/h17-24H,1-16H2. The van der Waals surface area contributed by atoms with E-state index < -0.39 is 6.16 Å². The summed E-state index contributed by atoms with van der Waals surface area (Å²) < 4.78 is 27.4. The molecule has 0 bridgehead atoms. The Balaban J connectivity index is 1.38. The minimum atomic E-state index is -1.51. The van der Waals surface area contributed by atoms with E-state index in [1.165, 1.54) is 25.7 Å². The summed E-state index contributed by atoms with van der Waals surface area (Å²) in [7, 11) is 0. The van der Waals surface area contributed by atoms with Crippen LogP contribution in [0.2, 0.25) is 0 Å². The first-order valence-corrected chi connectivity index (χ1v) is 13.8. The molecule has 8 heteroatoms. The maximum Gasteiger partial charge on any atom is 0.414 e. The van der Waals surface area contributed by atoms with Crippen LogP contribution >= 0.6 is 0 Å². The van der Waals surface area contributed by atoms with Crippen molar-refractivity contribution in [3.63, 3.8) is 0 Å². The Morgan fingerprint density at radius 2 is 0.606 bits per heavy atom. The van der Waals surface area contributed by atoms with Gasteiger partial charge in [-0.25, -0.2) is 0 Å². The van der Waals surface area contributed by atoms with Crippen molar-refractivity contribution < 1.29 is 18.9 Å². The van der Waals surface area contributed by atoms with Gasteiger partial charge < -0.3 is 0 Å². The highest BCUT2D eigenvalue weighted by Gasteiger charge is 2.52. The van der Waals surface area contributed by atoms with Gasteiger partial charge >= 0.3 is 6.16 Å². The number of hydrogen-bond acceptors (Lipinski definition) is 8. The van der Waals surface area contributed by atoms with Gasteiger partial charge in [-0.15, -0.1) is 0 Å². The predicted molar refractivity (Wildman–Crippen MR) is 121 cm³/mol. The van der Waals surface area contributed by atoms with Gasteiger partial charge in [0.15, 0.2) is 0 Å². The van der Waals surface area contributed by atoms with E-state index in [-0.39, 0.29) is 48.6 Å². The van der Waals surface area contributed by atoms with E-state index in [4.69, 9.17) is 39.4 Å². The van der Waals surface area contributed by atoms with Gasteiger partial charge in [-0.2, -0.15) is 20.5 Å². The van der Waals surface area contributed by atoms with Crippen molar-refractivity contribution in [1.29, 1.82) is 0 Å². The van der Waals surface area contributed by atoms with Crippen LogP contribution in [0.25, 0.3) is 0 Å². The monoisotopic (exact) mass is 460 g/mol. The molecule has 33 heavy (non-hydrogen) atoms. The average molecular weight is 461 g/mol. The molecular formula is C25H40N4O4. The molecule has 0 aromatic rings. The van der Waals surface area contributed by atoms with Crippen molar-refractivity contribution in [1.82, 2.24) is 0 Å². The van der Waals surface area contributed by atoms with Gasteiger partial charge in [0.2, 0.25) is 0 Å². The molecule has 4 aliphatic carbocycles. The third-order valence-electron chi connectivity index (χ3n) is 8.58. The topological polar surface area (TPSA) is 86.4 Å². The first-order valence-electron chi connectivity index (χ1n) is 13.8. The normalized spacial score (nSPS) is 48.5. The van der Waals surface area contributed by atoms with Crippen molar-refractivity contribution in [2.45, 2.75) is 157 Å². The van der Waals surface area contributed by atoms with E-state index in [1.807, 2.05) is 0 Å². The molecule has 0 aromatic heterocycles. The molecule has 0 amide bonds. The molecule has 8 nitrogen and oxygen atoms in total. The van der Waals surface area contributed by atoms with Crippen LogP contribution in [0.3, 0.4) is 0 Å². The fourth-order valence-electron chi connectivity index (χ4n) is 6.64. The second-order valence-electron chi connectivity index (χ2n) is 11.0. The molecule has 6 rings (SSSR count). The van der Waals surface area contributed by atoms with Gasteiger partial charge in [0.1, 0.15) is 0 Å². The molecule has 0 saturated heterocycles. The lowest BCUT2D eigenvalue weighted by Crippen LogP contribution is -2.56. The number of ether oxygens (including phenoxy) is 4. The van der Waals surface area contributed by atoms with Crippen LogP contribution in [0, 0.1) is 0 Å². The van der Waals surface area contributed by atoms with E-state index >= 15 is 0 Å².